The molecule has 1 amide bonds. The number of carbonyl (C=O) groups excluding carboxylic acids is 1. The molecule has 0 saturated heterocycles. The smallest absolute Gasteiger partial charge is 0.387 e. The Hall–Kier alpha value is -2.06. The van der Waals surface area contributed by atoms with Crippen LogP contribution in [0.4, 0.5) is 0 Å². The lowest BCUT2D eigenvalue weighted by atomic mass is 10.0. The van der Waals surface area contributed by atoms with Gasteiger partial charge in [0.2, 0.25) is 5.91 Å². The van der Waals surface area contributed by atoms with Gasteiger partial charge in [-0.2, -0.15) is 0 Å². The number of rotatable bonds is 76. The van der Waals surface area contributed by atoms with Gasteiger partial charge in [0.05, 0.1) is 39.9 Å². The molecule has 0 aliphatic heterocycles. The van der Waals surface area contributed by atoms with E-state index in [1.54, 1.807) is 6.08 Å². The lowest BCUT2D eigenvalue weighted by molar-refractivity contribution is -0.870. The zero-order valence-electron chi connectivity index (χ0n) is 62.8. The standard InChI is InChI=1S/C84H159N2O6P/c1-6-8-10-12-14-16-18-20-22-24-26-28-30-32-34-36-38-40-41-42-43-44-45-46-48-50-52-54-56-58-60-62-64-66-68-70-72-74-76-78-84(88)85-82(81-92-93(89,90)91-80-79-86(3,4)5)83(87)77-75-73-71-69-67-65-63-61-59-57-55-53-51-49-47-39-37-35-33-31-29-27-25-23-21-19-17-15-13-11-9-7-2/h8,10,14,16,20,22,26,28,67,69,75,77,82-83,87H,6-7,9,11-13,15,17-19,21,23-25,27,29-66,68,70-74,76,78-81H2,1-5H3,(H-,85,88,89,90)/p+1/b10-8-,16-14-,22-20-,28-26-,69-67+,77-75+. The van der Waals surface area contributed by atoms with Crippen molar-refractivity contribution in [2.45, 2.75) is 418 Å². The molecular formula is C84H160N2O6P+. The lowest BCUT2D eigenvalue weighted by Gasteiger charge is -2.25. The van der Waals surface area contributed by atoms with Gasteiger partial charge in [-0.3, -0.25) is 13.8 Å². The fourth-order valence-corrected chi connectivity index (χ4v) is 13.1. The number of nitrogens with one attached hydrogen (secondary N) is 1. The van der Waals surface area contributed by atoms with E-state index in [0.29, 0.717) is 17.4 Å². The third-order valence-corrected chi connectivity index (χ3v) is 19.6. The second-order valence-electron chi connectivity index (χ2n) is 29.1. The van der Waals surface area contributed by atoms with Crippen LogP contribution in [-0.4, -0.2) is 73.4 Å². The van der Waals surface area contributed by atoms with Crippen molar-refractivity contribution in [1.82, 2.24) is 5.32 Å². The second-order valence-corrected chi connectivity index (χ2v) is 30.6. The van der Waals surface area contributed by atoms with Crippen LogP contribution in [0.5, 0.6) is 0 Å². The number of likely N-dealkylation sites (N-methyl/N-ethyl adjacent to an activating group) is 1. The predicted octanol–water partition coefficient (Wildman–Crippen LogP) is 26.8. The van der Waals surface area contributed by atoms with E-state index >= 15 is 0 Å². The van der Waals surface area contributed by atoms with Crippen LogP contribution in [0, 0.1) is 0 Å². The van der Waals surface area contributed by atoms with Crippen molar-refractivity contribution < 1.29 is 32.9 Å². The minimum Gasteiger partial charge on any atom is -0.387 e. The molecule has 0 aromatic heterocycles. The predicted molar refractivity (Wildman–Crippen MR) is 410 cm³/mol. The average molecular weight is 1330 g/mol. The highest BCUT2D eigenvalue weighted by atomic mass is 31.2. The summed E-state index contributed by atoms with van der Waals surface area (Å²) in [7, 11) is 1.57. The van der Waals surface area contributed by atoms with Crippen LogP contribution in [0.3, 0.4) is 0 Å². The Morgan fingerprint density at radius 2 is 0.656 bits per heavy atom. The summed E-state index contributed by atoms with van der Waals surface area (Å²) in [6.07, 6.45) is 105. The van der Waals surface area contributed by atoms with Crippen molar-refractivity contribution >= 4 is 13.7 Å². The normalized spacial score (nSPS) is 13.8. The summed E-state index contributed by atoms with van der Waals surface area (Å²) in [6.45, 7) is 4.74. The third-order valence-electron chi connectivity index (χ3n) is 18.7. The molecule has 0 aromatic carbocycles. The zero-order chi connectivity index (χ0) is 67.6. The molecule has 9 heteroatoms. The summed E-state index contributed by atoms with van der Waals surface area (Å²) in [5.74, 6) is -0.179. The average Bonchev–Trinajstić information content (AvgIpc) is 1.94. The van der Waals surface area contributed by atoms with E-state index in [9.17, 15) is 19.4 Å². The molecule has 0 bridgehead atoms. The number of amides is 1. The second kappa shape index (κ2) is 74.2. The molecule has 93 heavy (non-hydrogen) atoms. The van der Waals surface area contributed by atoms with E-state index in [0.717, 1.165) is 64.2 Å². The van der Waals surface area contributed by atoms with E-state index < -0.39 is 20.0 Å². The van der Waals surface area contributed by atoms with Gasteiger partial charge < -0.3 is 19.8 Å². The van der Waals surface area contributed by atoms with Crippen molar-refractivity contribution in [3.8, 4) is 0 Å². The Balaban J connectivity index is 3.96. The fourth-order valence-electron chi connectivity index (χ4n) is 12.4. The molecule has 0 saturated carbocycles. The third kappa shape index (κ3) is 77.2. The van der Waals surface area contributed by atoms with Crippen LogP contribution < -0.4 is 5.32 Å². The summed E-state index contributed by atoms with van der Waals surface area (Å²) in [4.78, 5) is 23.5. The van der Waals surface area contributed by atoms with Gasteiger partial charge in [-0.15, -0.1) is 0 Å². The van der Waals surface area contributed by atoms with Crippen LogP contribution in [-0.2, 0) is 18.4 Å². The highest BCUT2D eigenvalue weighted by Gasteiger charge is 2.28. The van der Waals surface area contributed by atoms with Gasteiger partial charge >= 0.3 is 7.82 Å². The Morgan fingerprint density at radius 3 is 0.989 bits per heavy atom. The van der Waals surface area contributed by atoms with E-state index in [4.69, 9.17) is 9.05 Å². The summed E-state index contributed by atoms with van der Waals surface area (Å²) in [5, 5.41) is 14.0. The van der Waals surface area contributed by atoms with Gasteiger partial charge in [0.15, 0.2) is 0 Å². The Bertz CT molecular complexity index is 1750. The van der Waals surface area contributed by atoms with Crippen LogP contribution in [0.15, 0.2) is 72.9 Å². The van der Waals surface area contributed by atoms with Crippen LogP contribution >= 0.6 is 7.82 Å². The number of phosphoric ester groups is 1. The zero-order valence-corrected chi connectivity index (χ0v) is 63.7. The van der Waals surface area contributed by atoms with Crippen LogP contribution in [0.2, 0.25) is 0 Å². The maximum atomic E-state index is 13.1. The van der Waals surface area contributed by atoms with Crippen molar-refractivity contribution in [3.63, 3.8) is 0 Å². The molecule has 0 radical (unpaired) electrons. The van der Waals surface area contributed by atoms with Gasteiger partial charge in [-0.1, -0.05) is 401 Å². The van der Waals surface area contributed by atoms with Crippen molar-refractivity contribution in [2.24, 2.45) is 0 Å². The molecule has 3 atom stereocenters. The van der Waals surface area contributed by atoms with E-state index in [-0.39, 0.29) is 19.1 Å². The van der Waals surface area contributed by atoms with Gasteiger partial charge in [0, 0.05) is 6.42 Å². The lowest BCUT2D eigenvalue weighted by Crippen LogP contribution is -2.45. The molecule has 0 aromatic rings. The number of aliphatic hydroxyl groups excluding tert-OH is 1. The van der Waals surface area contributed by atoms with Gasteiger partial charge in [0.1, 0.15) is 13.2 Å². The summed E-state index contributed by atoms with van der Waals surface area (Å²) in [5.41, 5.74) is 0. The first-order valence-corrected chi connectivity index (χ1v) is 42.3. The number of hydrogen-bond donors (Lipinski definition) is 3. The van der Waals surface area contributed by atoms with Gasteiger partial charge in [-0.25, -0.2) is 4.57 Å². The highest BCUT2D eigenvalue weighted by molar-refractivity contribution is 7.47. The van der Waals surface area contributed by atoms with E-state index in [1.165, 1.54) is 321 Å². The maximum absolute atomic E-state index is 13.1. The van der Waals surface area contributed by atoms with Crippen molar-refractivity contribution in [1.29, 1.82) is 0 Å². The Kier molecular flexibility index (Phi) is 72.5. The molecule has 0 heterocycles. The van der Waals surface area contributed by atoms with Crippen molar-refractivity contribution in [2.75, 3.05) is 40.9 Å². The molecule has 0 fully saturated rings. The molecule has 8 nitrogen and oxygen atoms in total. The first-order valence-electron chi connectivity index (χ1n) is 40.8. The molecule has 3 N–H and O–H groups in total. The van der Waals surface area contributed by atoms with Crippen LogP contribution in [0.25, 0.3) is 0 Å². The topological polar surface area (TPSA) is 105 Å². The minimum absolute atomic E-state index is 0.0570. The van der Waals surface area contributed by atoms with Gasteiger partial charge in [0.25, 0.3) is 0 Å². The minimum atomic E-state index is -4.37. The van der Waals surface area contributed by atoms with Crippen molar-refractivity contribution in [3.05, 3.63) is 72.9 Å². The SMILES string of the molecule is CC/C=C\C/C=C\C/C=C\C/C=C\CCCCCCCCCCCCCCCCCCCCCCCCCCCCC(=O)NC(COP(=O)(O)OCC[N+](C)(C)C)C(O)/C=C/CC/C=C/CCCCCCCCCCCCCCCCCCCCCCCCCCCC. The largest absolute Gasteiger partial charge is 0.472 e. The van der Waals surface area contributed by atoms with E-state index in [1.807, 2.05) is 27.2 Å². The first kappa shape index (κ1) is 90.9. The number of quaternary nitrogens is 1. The van der Waals surface area contributed by atoms with Gasteiger partial charge in [-0.05, 0) is 70.6 Å². The Labute approximate surface area is 580 Å². The molecule has 0 spiro atoms. The molecule has 0 aliphatic rings. The van der Waals surface area contributed by atoms with E-state index in [2.05, 4.69) is 79.9 Å². The number of allylic oxidation sites excluding steroid dienone is 11. The maximum Gasteiger partial charge on any atom is 0.472 e. The highest BCUT2D eigenvalue weighted by Crippen LogP contribution is 2.43. The fraction of sp³-hybridized carbons (Fsp3) is 0.845. The Morgan fingerprint density at radius 1 is 0.376 bits per heavy atom. The summed E-state index contributed by atoms with van der Waals surface area (Å²) in [6, 6.07) is -0.866. The molecule has 0 aliphatic carbocycles. The quantitative estimate of drug-likeness (QED) is 0.0243. The molecule has 546 valence electrons. The summed E-state index contributed by atoms with van der Waals surface area (Å²) >= 11 is 0. The number of hydrogen-bond acceptors (Lipinski definition) is 5. The monoisotopic (exact) mass is 1320 g/mol. The molecular weight excluding hydrogens is 1160 g/mol. The van der Waals surface area contributed by atoms with Crippen LogP contribution in [0.1, 0.15) is 406 Å². The number of aliphatic hydroxyl groups is 1. The first-order chi connectivity index (χ1) is 45.5. The number of nitrogens with zero attached hydrogens (tertiary/aromatic N) is 1. The summed E-state index contributed by atoms with van der Waals surface area (Å²) < 4.78 is 23.9. The molecule has 3 unspecified atom stereocenters. The molecule has 0 rings (SSSR count). The number of unbranched alkanes of at least 4 members (excludes halogenated alkanes) is 53. The number of carbonyl (C=O) groups is 1. The number of phosphoric acid groups is 1.